The van der Waals surface area contributed by atoms with Gasteiger partial charge in [-0.3, -0.25) is 27.5 Å². The Hall–Kier alpha value is 0.340. The van der Waals surface area contributed by atoms with Gasteiger partial charge in [-0.2, -0.15) is 11.8 Å². The summed E-state index contributed by atoms with van der Waals surface area (Å²) in [5, 5.41) is 8.27. The minimum absolute atomic E-state index is 0.118. The van der Waals surface area contributed by atoms with Crippen LogP contribution in [0.4, 0.5) is 0 Å². The molecule has 0 aliphatic heterocycles. The van der Waals surface area contributed by atoms with Gasteiger partial charge in [0.1, 0.15) is 6.04 Å². The van der Waals surface area contributed by atoms with Gasteiger partial charge in [-0.05, 0) is 31.3 Å². The van der Waals surface area contributed by atoms with Crippen molar-refractivity contribution in [3.05, 3.63) is 0 Å². The number of nitrogens with zero attached hydrogens (tertiary/aromatic N) is 1. The number of carbonyl (C=O) groups is 1. The largest absolute Gasteiger partial charge is 0.480 e. The second kappa shape index (κ2) is 14.3. The van der Waals surface area contributed by atoms with Crippen LogP contribution in [-0.2, 0) is 23.1 Å². The zero-order chi connectivity index (χ0) is 27.8. The summed E-state index contributed by atoms with van der Waals surface area (Å²) in [6.07, 6.45) is 2.24. The Labute approximate surface area is 201 Å². The summed E-state index contributed by atoms with van der Waals surface area (Å²) in [6.45, 7) is 1.37. The van der Waals surface area contributed by atoms with Crippen molar-refractivity contribution in [3.63, 3.8) is 0 Å². The van der Waals surface area contributed by atoms with Crippen molar-refractivity contribution in [1.82, 2.24) is 0 Å². The molecule has 0 saturated heterocycles. The minimum atomic E-state index is -5.75. The number of rotatable bonds is 14. The highest BCUT2D eigenvalue weighted by Gasteiger charge is 2.68. The lowest BCUT2D eigenvalue weighted by atomic mass is 10.2. The van der Waals surface area contributed by atoms with Gasteiger partial charge in [-0.1, -0.05) is 13.8 Å². The highest BCUT2D eigenvalue weighted by molar-refractivity contribution is 7.98. The molecule has 0 radical (unpaired) electrons. The summed E-state index contributed by atoms with van der Waals surface area (Å²) >= 11 is 1.60. The van der Waals surface area contributed by atoms with E-state index in [1.807, 2.05) is 6.26 Å². The van der Waals surface area contributed by atoms with Crippen molar-refractivity contribution in [1.29, 1.82) is 0 Å². The van der Waals surface area contributed by atoms with Gasteiger partial charge in [0.25, 0.3) is 11.0 Å². The molecule has 1 atom stereocenters. The Morgan fingerprint density at radius 3 is 1.26 bits per heavy atom. The molecule has 0 aromatic heterocycles. The van der Waals surface area contributed by atoms with E-state index in [0.29, 0.717) is 6.42 Å². The molecular weight excluding hydrogens is 564 g/mol. The number of thioether (sulfide) groups is 1. The van der Waals surface area contributed by atoms with Crippen LogP contribution in [0, 0.1) is 0 Å². The first-order valence-corrected chi connectivity index (χ1v) is 17.7. The molecule has 0 unspecified atom stereocenters. The molecule has 11 N–H and O–H groups in total. The summed E-state index contributed by atoms with van der Waals surface area (Å²) in [5.41, 5.74) is -0.856. The molecule has 34 heavy (non-hydrogen) atoms. The number of quaternary nitrogens is 1. The van der Waals surface area contributed by atoms with Crippen molar-refractivity contribution in [3.8, 4) is 0 Å². The van der Waals surface area contributed by atoms with E-state index in [9.17, 15) is 62.2 Å². The summed E-state index contributed by atoms with van der Waals surface area (Å²) in [6, 6.07) is -0.683. The SMILES string of the molecule is CCC[N+](CCC)(C(P(=O)(O)O)P(=O)(O)O)C(P(=O)(O)O)P(=O)(O)O.CSCC[C@H](N)C(=O)O. The molecule has 0 aliphatic carbocycles. The molecular formula is C13H35N2O14P4S+. The predicted octanol–water partition coefficient (Wildman–Crippen LogP) is 0.0526. The fourth-order valence-corrected chi connectivity index (χ4v) is 11.4. The molecule has 0 saturated carbocycles. The third kappa shape index (κ3) is 11.6. The lowest BCUT2D eigenvalue weighted by Gasteiger charge is -2.48. The van der Waals surface area contributed by atoms with Crippen LogP contribution in [0.3, 0.4) is 0 Å². The first kappa shape index (κ1) is 36.5. The topological polar surface area (TPSA) is 293 Å². The molecule has 0 heterocycles. The predicted molar refractivity (Wildman–Crippen MR) is 125 cm³/mol. The maximum Gasteiger partial charge on any atom is 0.395 e. The van der Waals surface area contributed by atoms with Gasteiger partial charge in [0.15, 0.2) is 0 Å². The fourth-order valence-electron chi connectivity index (χ4n) is 3.48. The molecule has 0 aromatic rings. The molecule has 21 heteroatoms. The van der Waals surface area contributed by atoms with Crippen LogP contribution in [0.25, 0.3) is 0 Å². The van der Waals surface area contributed by atoms with Crippen LogP contribution in [0.1, 0.15) is 33.1 Å². The van der Waals surface area contributed by atoms with E-state index in [1.54, 1.807) is 11.8 Å². The Kier molecular flexibility index (Phi) is 15.4. The molecule has 206 valence electrons. The molecule has 16 nitrogen and oxygen atoms in total. The third-order valence-corrected chi connectivity index (χ3v) is 12.9. The summed E-state index contributed by atoms with van der Waals surface area (Å²) in [7, 11) is -23.0. The summed E-state index contributed by atoms with van der Waals surface area (Å²) in [4.78, 5) is 85.9. The molecule has 0 fully saturated rings. The van der Waals surface area contributed by atoms with E-state index in [2.05, 4.69) is 0 Å². The van der Waals surface area contributed by atoms with E-state index >= 15 is 0 Å². The average Bonchev–Trinajstić information content (AvgIpc) is 2.55. The summed E-state index contributed by atoms with van der Waals surface area (Å²) in [5.74, 6) is -0.1000. The van der Waals surface area contributed by atoms with Crippen molar-refractivity contribution in [2.75, 3.05) is 25.1 Å². The maximum atomic E-state index is 11.8. The molecule has 0 aromatic carbocycles. The normalized spacial score (nSPS) is 14.6. The number of aliphatic carboxylic acids is 1. The van der Waals surface area contributed by atoms with Crippen LogP contribution in [0.2, 0.25) is 0 Å². The molecule has 0 rings (SSSR count). The van der Waals surface area contributed by atoms with Crippen molar-refractivity contribution >= 4 is 48.1 Å². The van der Waals surface area contributed by atoms with Gasteiger partial charge in [-0.15, -0.1) is 0 Å². The van der Waals surface area contributed by atoms with Gasteiger partial charge >= 0.3 is 36.4 Å². The Morgan fingerprint density at radius 2 is 1.09 bits per heavy atom. The maximum absolute atomic E-state index is 11.8. The second-order valence-electron chi connectivity index (χ2n) is 7.33. The van der Waals surface area contributed by atoms with Gasteiger partial charge in [0.2, 0.25) is 0 Å². The number of nitrogens with two attached hydrogens (primary N) is 1. The standard InChI is InChI=1S/C8H23NO12P4.C5H11NO2S/c1-3-5-9(6-4-2,7(22(10,11)12)23(13,14)15)8(24(16,17)18)25(19,20)21;1-9-3-2-4(6)5(7)8/h7-8H,3-6H2,1-2H3,(H7-,10,11,12,13,14,15,16,17,18,19,20,21);4H,2-3,6H2,1H3,(H,7,8)/p+1/t;4-/m.0/s1. The van der Waals surface area contributed by atoms with E-state index in [1.165, 1.54) is 13.8 Å². The third-order valence-electron chi connectivity index (χ3n) is 4.35. The quantitative estimate of drug-likeness (QED) is 0.0932. The van der Waals surface area contributed by atoms with Crippen molar-refractivity contribution < 1.29 is 71.8 Å². The van der Waals surface area contributed by atoms with Crippen molar-refractivity contribution in [2.24, 2.45) is 5.73 Å². The van der Waals surface area contributed by atoms with E-state index < -0.39 is 71.0 Å². The number of hydrogen-bond donors (Lipinski definition) is 10. The Morgan fingerprint density at radius 1 is 0.794 bits per heavy atom. The lowest BCUT2D eigenvalue weighted by Crippen LogP contribution is -2.61. The first-order valence-electron chi connectivity index (χ1n) is 9.58. The van der Waals surface area contributed by atoms with Crippen LogP contribution >= 0.6 is 42.1 Å². The van der Waals surface area contributed by atoms with Gasteiger partial charge in [0.05, 0.1) is 13.1 Å². The lowest BCUT2D eigenvalue weighted by molar-refractivity contribution is -0.930. The second-order valence-corrected chi connectivity index (χ2v) is 15.8. The fraction of sp³-hybridized carbons (Fsp3) is 0.923. The number of carboxylic acid groups (broad SMARTS) is 1. The van der Waals surface area contributed by atoms with Gasteiger partial charge in [-0.25, -0.2) is 0 Å². The molecule has 0 aliphatic rings. The monoisotopic (exact) mass is 599 g/mol. The van der Waals surface area contributed by atoms with Crippen molar-refractivity contribution in [2.45, 2.75) is 50.2 Å². The zero-order valence-electron chi connectivity index (χ0n) is 18.8. The van der Waals surface area contributed by atoms with Crippen LogP contribution < -0.4 is 5.73 Å². The smallest absolute Gasteiger partial charge is 0.395 e. The van der Waals surface area contributed by atoms with E-state index in [-0.39, 0.29) is 12.8 Å². The van der Waals surface area contributed by atoms with Gasteiger partial charge in [0, 0.05) is 0 Å². The molecule has 0 spiro atoms. The highest BCUT2D eigenvalue weighted by Crippen LogP contribution is 2.72. The summed E-state index contributed by atoms with van der Waals surface area (Å²) < 4.78 is 45.5. The Bertz CT molecular complexity index is 735. The first-order chi connectivity index (χ1) is 15.0. The Balaban J connectivity index is 0. The zero-order valence-corrected chi connectivity index (χ0v) is 23.2. The average molecular weight is 599 g/mol. The van der Waals surface area contributed by atoms with Crippen LogP contribution in [0.15, 0.2) is 0 Å². The number of hydrogen-bond acceptors (Lipinski definition) is 7. The van der Waals surface area contributed by atoms with Gasteiger partial charge < -0.3 is 50.0 Å². The number of carboxylic acids is 1. The van der Waals surface area contributed by atoms with Crippen LogP contribution in [0.5, 0.6) is 0 Å². The highest BCUT2D eigenvalue weighted by atomic mass is 32.2. The minimum Gasteiger partial charge on any atom is -0.480 e. The van der Waals surface area contributed by atoms with E-state index in [4.69, 9.17) is 10.8 Å². The van der Waals surface area contributed by atoms with Crippen LogP contribution in [-0.4, -0.2) is 96.9 Å². The molecule has 0 bridgehead atoms. The van der Waals surface area contributed by atoms with E-state index in [0.717, 1.165) is 5.75 Å². The molecule has 0 amide bonds.